The van der Waals surface area contributed by atoms with E-state index in [1.54, 1.807) is 20.9 Å². The van der Waals surface area contributed by atoms with Crippen molar-refractivity contribution in [1.29, 1.82) is 0 Å². The van der Waals surface area contributed by atoms with E-state index < -0.39 is 15.6 Å². The van der Waals surface area contributed by atoms with Crippen LogP contribution in [0.3, 0.4) is 0 Å². The second-order valence-electron chi connectivity index (χ2n) is 6.14. The van der Waals surface area contributed by atoms with Crippen LogP contribution in [0.5, 0.6) is 0 Å². The zero-order valence-corrected chi connectivity index (χ0v) is 15.2. The van der Waals surface area contributed by atoms with Gasteiger partial charge in [0.2, 0.25) is 10.0 Å². The minimum atomic E-state index is -3.84. The molecule has 2 aromatic heterocycles. The highest BCUT2D eigenvalue weighted by Gasteiger charge is 2.33. The van der Waals surface area contributed by atoms with Gasteiger partial charge in [0.05, 0.1) is 5.69 Å². The molecule has 8 heteroatoms. The Balaban J connectivity index is 2.14. The lowest BCUT2D eigenvalue weighted by Crippen LogP contribution is -2.41. The van der Waals surface area contributed by atoms with Crippen molar-refractivity contribution >= 4 is 26.3 Å². The molecule has 126 valence electrons. The van der Waals surface area contributed by atoms with Crippen LogP contribution in [0.1, 0.15) is 43.5 Å². The molecule has 0 unspecified atom stereocenters. The summed E-state index contributed by atoms with van der Waals surface area (Å²) in [6.07, 6.45) is 4.91. The lowest BCUT2D eigenvalue weighted by molar-refractivity contribution is 0.285. The van der Waals surface area contributed by atoms with Crippen molar-refractivity contribution < 1.29 is 8.42 Å². The summed E-state index contributed by atoms with van der Waals surface area (Å²) in [5, 5.41) is 1.81. The summed E-state index contributed by atoms with van der Waals surface area (Å²) in [6.45, 7) is 3.38. The summed E-state index contributed by atoms with van der Waals surface area (Å²) in [5.74, 6) is 0. The Bertz CT molecular complexity index is 893. The van der Waals surface area contributed by atoms with Gasteiger partial charge in [0.15, 0.2) is 9.86 Å². The fourth-order valence-corrected chi connectivity index (χ4v) is 5.78. The van der Waals surface area contributed by atoms with Gasteiger partial charge >= 0.3 is 0 Å². The largest absolute Gasteiger partial charge is 0.279 e. The third-order valence-electron chi connectivity index (χ3n) is 4.59. The van der Waals surface area contributed by atoms with E-state index in [4.69, 9.17) is 0 Å². The molecule has 1 fully saturated rings. The van der Waals surface area contributed by atoms with E-state index in [9.17, 15) is 13.2 Å². The molecule has 2 heterocycles. The maximum atomic E-state index is 13.0. The average Bonchev–Trinajstić information content (AvgIpc) is 2.88. The van der Waals surface area contributed by atoms with E-state index in [2.05, 4.69) is 4.98 Å². The molecule has 1 aliphatic carbocycles. The molecule has 3 rings (SSSR count). The number of thiazole rings is 1. The van der Waals surface area contributed by atoms with E-state index in [0.29, 0.717) is 10.7 Å². The highest BCUT2D eigenvalue weighted by Crippen LogP contribution is 2.26. The maximum Gasteiger partial charge on any atom is 0.279 e. The van der Waals surface area contributed by atoms with Crippen LogP contribution < -0.4 is 5.56 Å². The predicted molar refractivity (Wildman–Crippen MR) is 90.6 cm³/mol. The van der Waals surface area contributed by atoms with E-state index in [1.807, 2.05) is 5.38 Å². The number of sulfonamides is 1. The molecule has 0 spiro atoms. The molecule has 0 N–H and O–H groups in total. The number of aromatic nitrogens is 2. The molecular weight excluding hydrogens is 334 g/mol. The summed E-state index contributed by atoms with van der Waals surface area (Å²) in [6, 6.07) is -0.0307. The van der Waals surface area contributed by atoms with Crippen LogP contribution >= 0.6 is 11.3 Å². The van der Waals surface area contributed by atoms with Crippen molar-refractivity contribution in [2.45, 2.75) is 56.9 Å². The molecule has 6 nitrogen and oxygen atoms in total. The minimum Gasteiger partial charge on any atom is -0.267 e. The number of nitrogens with zero attached hydrogens (tertiary/aromatic N) is 3. The van der Waals surface area contributed by atoms with E-state index in [-0.39, 0.29) is 16.6 Å². The summed E-state index contributed by atoms with van der Waals surface area (Å²) in [4.78, 5) is 17.5. The van der Waals surface area contributed by atoms with Gasteiger partial charge in [-0.2, -0.15) is 4.31 Å². The first kappa shape index (κ1) is 16.6. The van der Waals surface area contributed by atoms with Crippen molar-refractivity contribution in [2.24, 2.45) is 0 Å². The fourth-order valence-electron chi connectivity index (χ4n) is 3.25. The molecule has 23 heavy (non-hydrogen) atoms. The monoisotopic (exact) mass is 355 g/mol. The summed E-state index contributed by atoms with van der Waals surface area (Å²) < 4.78 is 28.8. The molecule has 0 bridgehead atoms. The van der Waals surface area contributed by atoms with Crippen LogP contribution in [-0.4, -0.2) is 35.2 Å². The van der Waals surface area contributed by atoms with Gasteiger partial charge in [0, 0.05) is 24.2 Å². The Labute approximate surface area is 139 Å². The number of aryl methyl sites for hydroxylation is 2. The Morgan fingerprint density at radius 2 is 1.91 bits per heavy atom. The normalized spacial score (nSPS) is 17.2. The lowest BCUT2D eigenvalue weighted by Gasteiger charge is -2.30. The van der Waals surface area contributed by atoms with E-state index in [1.165, 1.54) is 20.0 Å². The van der Waals surface area contributed by atoms with E-state index in [0.717, 1.165) is 32.1 Å². The third-order valence-corrected chi connectivity index (χ3v) is 7.58. The Morgan fingerprint density at radius 3 is 2.57 bits per heavy atom. The second-order valence-corrected chi connectivity index (χ2v) is 8.91. The van der Waals surface area contributed by atoms with Gasteiger partial charge in [-0.3, -0.25) is 9.20 Å². The number of fused-ring (bicyclic) bond motifs is 1. The number of rotatable bonds is 3. The Morgan fingerprint density at radius 1 is 1.26 bits per heavy atom. The van der Waals surface area contributed by atoms with Crippen LogP contribution in [0.4, 0.5) is 0 Å². The maximum absolute atomic E-state index is 13.0. The lowest BCUT2D eigenvalue weighted by atomic mass is 9.96. The van der Waals surface area contributed by atoms with Gasteiger partial charge in [-0.1, -0.05) is 19.3 Å². The average molecular weight is 355 g/mol. The highest BCUT2D eigenvalue weighted by molar-refractivity contribution is 7.89. The first-order valence-electron chi connectivity index (χ1n) is 7.79. The summed E-state index contributed by atoms with van der Waals surface area (Å²) >= 11 is 1.34. The van der Waals surface area contributed by atoms with Crippen LogP contribution in [0.25, 0.3) is 4.96 Å². The van der Waals surface area contributed by atoms with Gasteiger partial charge in [-0.25, -0.2) is 13.4 Å². The zero-order valence-electron chi connectivity index (χ0n) is 13.6. The highest BCUT2D eigenvalue weighted by atomic mass is 32.2. The molecule has 0 saturated heterocycles. The zero-order chi connectivity index (χ0) is 16.8. The molecule has 0 aromatic carbocycles. The Hall–Kier alpha value is -1.25. The van der Waals surface area contributed by atoms with E-state index >= 15 is 0 Å². The SMILES string of the molecule is Cc1nc2scc(C)n2c(=O)c1S(=O)(=O)N(C)C1CCCCC1. The number of hydrogen-bond acceptors (Lipinski definition) is 5. The molecule has 0 atom stereocenters. The van der Waals surface area contributed by atoms with Gasteiger partial charge < -0.3 is 0 Å². The molecule has 2 aromatic rings. The molecular formula is C15H21N3O3S2. The first-order chi connectivity index (χ1) is 10.8. The predicted octanol–water partition coefficient (Wildman–Crippen LogP) is 2.33. The quantitative estimate of drug-likeness (QED) is 0.847. The van der Waals surface area contributed by atoms with Gasteiger partial charge in [-0.05, 0) is 26.7 Å². The summed E-state index contributed by atoms with van der Waals surface area (Å²) in [7, 11) is -2.26. The molecule has 0 aliphatic heterocycles. The second kappa shape index (κ2) is 5.99. The molecule has 0 amide bonds. The van der Waals surface area contributed by atoms with Crippen molar-refractivity contribution in [3.05, 3.63) is 27.1 Å². The van der Waals surface area contributed by atoms with Crippen LogP contribution in [0.15, 0.2) is 15.1 Å². The van der Waals surface area contributed by atoms with Crippen molar-refractivity contribution in [2.75, 3.05) is 7.05 Å². The minimum absolute atomic E-state index is 0.0307. The summed E-state index contributed by atoms with van der Waals surface area (Å²) in [5.41, 5.74) is 0.493. The topological polar surface area (TPSA) is 71.8 Å². The van der Waals surface area contributed by atoms with Crippen molar-refractivity contribution in [3.8, 4) is 0 Å². The van der Waals surface area contributed by atoms with Gasteiger partial charge in [-0.15, -0.1) is 11.3 Å². The van der Waals surface area contributed by atoms with Crippen LogP contribution in [0.2, 0.25) is 0 Å². The molecule has 1 saturated carbocycles. The molecule has 0 radical (unpaired) electrons. The standard InChI is InChI=1S/C15H21N3O3S2/c1-10-9-22-15-16-11(2)13(14(19)18(10)15)23(20,21)17(3)12-7-5-4-6-8-12/h9,12H,4-8H2,1-3H3. The van der Waals surface area contributed by atoms with Gasteiger partial charge in [0.25, 0.3) is 5.56 Å². The number of hydrogen-bond donors (Lipinski definition) is 0. The van der Waals surface area contributed by atoms with Gasteiger partial charge in [0.1, 0.15) is 0 Å². The smallest absolute Gasteiger partial charge is 0.267 e. The van der Waals surface area contributed by atoms with Crippen molar-refractivity contribution in [3.63, 3.8) is 0 Å². The fraction of sp³-hybridized carbons (Fsp3) is 0.600. The van der Waals surface area contributed by atoms with Crippen LogP contribution in [-0.2, 0) is 10.0 Å². The molecule has 1 aliphatic rings. The first-order valence-corrected chi connectivity index (χ1v) is 10.1. The Kier molecular flexibility index (Phi) is 4.33. The third kappa shape index (κ3) is 2.72. The van der Waals surface area contributed by atoms with Crippen molar-refractivity contribution in [1.82, 2.24) is 13.7 Å². The van der Waals surface area contributed by atoms with Crippen LogP contribution in [0, 0.1) is 13.8 Å².